The van der Waals surface area contributed by atoms with Crippen molar-refractivity contribution in [2.24, 2.45) is 0 Å². The third kappa shape index (κ3) is 4.42. The van der Waals surface area contributed by atoms with Crippen LogP contribution in [0.15, 0.2) is 47.5 Å². The highest BCUT2D eigenvalue weighted by Gasteiger charge is 2.31. The summed E-state index contributed by atoms with van der Waals surface area (Å²) in [6.45, 7) is 1.77. The number of carbonyl (C=O) groups excluding carboxylic acids is 2. The largest absolute Gasteiger partial charge is 0.493 e. The highest BCUT2D eigenvalue weighted by atomic mass is 32.1. The number of ether oxygens (including phenoxy) is 5. The number of Topliss-reactive ketones (excluding diaryl/α,β-unsaturated/α-hetero) is 1. The molecule has 1 aromatic heterocycles. The van der Waals surface area contributed by atoms with Crippen molar-refractivity contribution in [1.82, 2.24) is 0 Å². The molecular formula is C25H22O7S. The van der Waals surface area contributed by atoms with E-state index in [0.29, 0.717) is 45.4 Å². The average Bonchev–Trinajstić information content (AvgIpc) is 3.41. The minimum absolute atomic E-state index is 0.126. The third-order valence-corrected chi connectivity index (χ3v) is 5.97. The Hall–Kier alpha value is -3.78. The second kappa shape index (κ2) is 9.38. The van der Waals surface area contributed by atoms with Gasteiger partial charge in [0.25, 0.3) is 0 Å². The van der Waals surface area contributed by atoms with E-state index in [1.807, 2.05) is 17.5 Å². The molecule has 8 heteroatoms. The van der Waals surface area contributed by atoms with Gasteiger partial charge < -0.3 is 23.7 Å². The summed E-state index contributed by atoms with van der Waals surface area (Å²) in [5.74, 6) is 1.46. The first kappa shape index (κ1) is 22.4. The maximum Gasteiger partial charge on any atom is 0.316 e. The van der Waals surface area contributed by atoms with Crippen LogP contribution in [0.2, 0.25) is 0 Å². The van der Waals surface area contributed by atoms with Gasteiger partial charge in [0.1, 0.15) is 11.5 Å². The van der Waals surface area contributed by atoms with Gasteiger partial charge in [0.2, 0.25) is 11.5 Å². The maximum atomic E-state index is 13.0. The van der Waals surface area contributed by atoms with Crippen LogP contribution in [0.5, 0.6) is 28.7 Å². The molecule has 33 heavy (non-hydrogen) atoms. The molecule has 0 N–H and O–H groups in total. The minimum atomic E-state index is -0.382. The van der Waals surface area contributed by atoms with Gasteiger partial charge >= 0.3 is 5.97 Å². The quantitative estimate of drug-likeness (QED) is 0.280. The zero-order valence-electron chi connectivity index (χ0n) is 18.6. The predicted molar refractivity (Wildman–Crippen MR) is 124 cm³/mol. The predicted octanol–water partition coefficient (Wildman–Crippen LogP) is 4.85. The number of esters is 1. The fraction of sp³-hybridized carbons (Fsp3) is 0.200. The van der Waals surface area contributed by atoms with E-state index >= 15 is 0 Å². The molecule has 0 saturated heterocycles. The Morgan fingerprint density at radius 3 is 2.52 bits per heavy atom. The van der Waals surface area contributed by atoms with Crippen LogP contribution in [0.25, 0.3) is 6.08 Å². The first-order chi connectivity index (χ1) is 15.9. The molecule has 3 aromatic rings. The summed E-state index contributed by atoms with van der Waals surface area (Å²) in [6, 6.07) is 10.4. The minimum Gasteiger partial charge on any atom is -0.493 e. The van der Waals surface area contributed by atoms with Crippen molar-refractivity contribution >= 4 is 29.2 Å². The van der Waals surface area contributed by atoms with Gasteiger partial charge in [-0.1, -0.05) is 6.07 Å². The van der Waals surface area contributed by atoms with Crippen LogP contribution in [0.1, 0.15) is 26.4 Å². The molecular weight excluding hydrogens is 444 g/mol. The number of fused-ring (bicyclic) bond motifs is 1. The summed E-state index contributed by atoms with van der Waals surface area (Å²) in [7, 11) is 4.55. The molecule has 0 radical (unpaired) electrons. The van der Waals surface area contributed by atoms with Crippen molar-refractivity contribution in [3.05, 3.63) is 69.1 Å². The Labute approximate surface area is 195 Å². The second-order valence-corrected chi connectivity index (χ2v) is 8.24. The number of methoxy groups -OCH3 is 3. The maximum absolute atomic E-state index is 13.0. The molecule has 0 unspecified atom stereocenters. The fourth-order valence-electron chi connectivity index (χ4n) is 3.64. The van der Waals surface area contributed by atoms with E-state index in [4.69, 9.17) is 23.7 Å². The fourth-order valence-corrected chi connectivity index (χ4v) is 4.33. The number of carbonyl (C=O) groups is 2. The van der Waals surface area contributed by atoms with E-state index < -0.39 is 0 Å². The molecule has 0 bridgehead atoms. The summed E-state index contributed by atoms with van der Waals surface area (Å²) in [5, 5.41) is 1.91. The number of benzene rings is 2. The zero-order chi connectivity index (χ0) is 23.5. The SMILES string of the molecule is COc1ccc(/C=C2\Oc3cc(OC(=O)Cc4cccs4)cc(C)c3C2=O)c(OC)c1OC. The number of rotatable bonds is 7. The number of hydrogen-bond donors (Lipinski definition) is 0. The Kier molecular flexibility index (Phi) is 6.37. The molecule has 0 saturated carbocycles. The first-order valence-corrected chi connectivity index (χ1v) is 10.9. The Bertz CT molecular complexity index is 1240. The summed E-state index contributed by atoms with van der Waals surface area (Å²) in [6.07, 6.45) is 1.77. The highest BCUT2D eigenvalue weighted by molar-refractivity contribution is 7.10. The lowest BCUT2D eigenvalue weighted by Gasteiger charge is -2.14. The van der Waals surface area contributed by atoms with Crippen LogP contribution >= 0.6 is 11.3 Å². The van der Waals surface area contributed by atoms with Crippen molar-refractivity contribution in [1.29, 1.82) is 0 Å². The molecule has 170 valence electrons. The molecule has 1 aliphatic rings. The van der Waals surface area contributed by atoms with Gasteiger partial charge in [0.15, 0.2) is 17.3 Å². The Balaban J connectivity index is 1.62. The molecule has 1 aliphatic heterocycles. The van der Waals surface area contributed by atoms with Gasteiger partial charge in [0, 0.05) is 16.5 Å². The highest BCUT2D eigenvalue weighted by Crippen LogP contribution is 2.42. The number of thiophene rings is 1. The van der Waals surface area contributed by atoms with Crippen molar-refractivity contribution in [2.75, 3.05) is 21.3 Å². The smallest absolute Gasteiger partial charge is 0.316 e. The standard InChI is InChI=1S/C25H22O7S/c1-14-10-16(31-21(26)13-17-6-5-9-33-17)12-19-22(14)23(27)20(32-19)11-15-7-8-18(28-2)25(30-4)24(15)29-3/h5-12H,13H2,1-4H3/b20-11-. The molecule has 0 spiro atoms. The van der Waals surface area contributed by atoms with E-state index in [1.54, 1.807) is 37.3 Å². The van der Waals surface area contributed by atoms with Crippen molar-refractivity contribution < 1.29 is 33.3 Å². The normalized spacial score (nSPS) is 13.5. The first-order valence-electron chi connectivity index (χ1n) is 10.1. The van der Waals surface area contributed by atoms with Crippen molar-refractivity contribution in [2.45, 2.75) is 13.3 Å². The van der Waals surface area contributed by atoms with E-state index in [-0.39, 0.29) is 23.9 Å². The lowest BCUT2D eigenvalue weighted by molar-refractivity contribution is -0.133. The van der Waals surface area contributed by atoms with Gasteiger partial charge in [-0.15, -0.1) is 11.3 Å². The van der Waals surface area contributed by atoms with Crippen LogP contribution in [0, 0.1) is 6.92 Å². The van der Waals surface area contributed by atoms with Gasteiger partial charge in [-0.2, -0.15) is 0 Å². The number of hydrogen-bond acceptors (Lipinski definition) is 8. The van der Waals surface area contributed by atoms with E-state index in [2.05, 4.69) is 0 Å². The molecule has 0 aliphatic carbocycles. The van der Waals surface area contributed by atoms with Gasteiger partial charge in [-0.05, 0) is 48.2 Å². The zero-order valence-corrected chi connectivity index (χ0v) is 19.4. The topological polar surface area (TPSA) is 80.3 Å². The number of ketones is 1. The molecule has 4 rings (SSSR count). The number of allylic oxidation sites excluding steroid dienone is 1. The van der Waals surface area contributed by atoms with Crippen LogP contribution in [-0.2, 0) is 11.2 Å². The molecule has 0 amide bonds. The Morgan fingerprint density at radius 2 is 1.85 bits per heavy atom. The van der Waals surface area contributed by atoms with E-state index in [9.17, 15) is 9.59 Å². The summed E-state index contributed by atoms with van der Waals surface area (Å²) < 4.78 is 27.5. The van der Waals surface area contributed by atoms with E-state index in [1.165, 1.54) is 32.7 Å². The van der Waals surface area contributed by atoms with Gasteiger partial charge in [-0.25, -0.2) is 0 Å². The lowest BCUT2D eigenvalue weighted by atomic mass is 10.0. The van der Waals surface area contributed by atoms with Crippen molar-refractivity contribution in [3.63, 3.8) is 0 Å². The summed E-state index contributed by atoms with van der Waals surface area (Å²) in [4.78, 5) is 26.2. The average molecular weight is 467 g/mol. The van der Waals surface area contributed by atoms with Crippen LogP contribution in [-0.4, -0.2) is 33.1 Å². The van der Waals surface area contributed by atoms with Gasteiger partial charge in [0.05, 0.1) is 33.3 Å². The number of aryl methyl sites for hydroxylation is 1. The molecule has 2 aromatic carbocycles. The molecule has 0 fully saturated rings. The molecule has 2 heterocycles. The lowest BCUT2D eigenvalue weighted by Crippen LogP contribution is -2.10. The second-order valence-electron chi connectivity index (χ2n) is 7.21. The van der Waals surface area contributed by atoms with Crippen LogP contribution in [0.4, 0.5) is 0 Å². The Morgan fingerprint density at radius 1 is 1.06 bits per heavy atom. The summed E-state index contributed by atoms with van der Waals surface area (Å²) in [5.41, 5.74) is 1.67. The van der Waals surface area contributed by atoms with Crippen LogP contribution < -0.4 is 23.7 Å². The monoisotopic (exact) mass is 466 g/mol. The van der Waals surface area contributed by atoms with Crippen LogP contribution in [0.3, 0.4) is 0 Å². The third-order valence-electron chi connectivity index (χ3n) is 5.10. The summed E-state index contributed by atoms with van der Waals surface area (Å²) >= 11 is 1.49. The van der Waals surface area contributed by atoms with Gasteiger partial charge in [-0.3, -0.25) is 9.59 Å². The van der Waals surface area contributed by atoms with Crippen molar-refractivity contribution in [3.8, 4) is 28.7 Å². The molecule has 7 nitrogen and oxygen atoms in total. The molecule has 0 atom stereocenters. The van der Waals surface area contributed by atoms with E-state index in [0.717, 1.165) is 4.88 Å².